The zero-order valence-electron chi connectivity index (χ0n) is 10.1. The normalized spacial score (nSPS) is 17.9. The van der Waals surface area contributed by atoms with Gasteiger partial charge in [0.25, 0.3) is 0 Å². The second-order valence-corrected chi connectivity index (χ2v) is 4.65. The highest BCUT2D eigenvalue weighted by Crippen LogP contribution is 2.25. The summed E-state index contributed by atoms with van der Waals surface area (Å²) in [6.07, 6.45) is 5.11. The van der Waals surface area contributed by atoms with Gasteiger partial charge in [-0.15, -0.1) is 0 Å². The van der Waals surface area contributed by atoms with Crippen molar-refractivity contribution in [2.24, 2.45) is 0 Å². The van der Waals surface area contributed by atoms with Crippen molar-refractivity contribution in [1.29, 1.82) is 0 Å². The van der Waals surface area contributed by atoms with Gasteiger partial charge in [-0.25, -0.2) is 0 Å². The average molecular weight is 234 g/mol. The number of benzene rings is 1. The fraction of sp³-hybridized carbons (Fsp3) is 0.500. The average Bonchev–Trinajstić information content (AvgIpc) is 2.82. The molecule has 1 aliphatic rings. The van der Waals surface area contributed by atoms with E-state index in [1.54, 1.807) is 6.92 Å². The number of ether oxygens (including phenoxy) is 1. The lowest BCUT2D eigenvalue weighted by atomic mass is 10.0. The molecule has 3 heteroatoms. The van der Waals surface area contributed by atoms with E-state index in [0.29, 0.717) is 6.10 Å². The van der Waals surface area contributed by atoms with Crippen LogP contribution in [0, 0.1) is 0 Å². The quantitative estimate of drug-likeness (QED) is 0.870. The molecular weight excluding hydrogens is 216 g/mol. The second-order valence-electron chi connectivity index (χ2n) is 4.65. The highest BCUT2D eigenvalue weighted by molar-refractivity contribution is 5.75. The second kappa shape index (κ2) is 5.21. The third-order valence-corrected chi connectivity index (χ3v) is 3.36. The lowest BCUT2D eigenvalue weighted by Crippen LogP contribution is -2.11. The van der Waals surface area contributed by atoms with Crippen molar-refractivity contribution in [1.82, 2.24) is 0 Å². The number of carbonyl (C=O) groups is 1. The standard InChI is InChI=1S/C14H18O3/c1-10(14(15)16)11-6-8-13(9-7-11)17-12-4-2-3-5-12/h6-10,12H,2-5H2,1H3,(H,15,16). The first-order chi connectivity index (χ1) is 8.16. The molecule has 1 saturated carbocycles. The van der Waals surface area contributed by atoms with Crippen LogP contribution in [-0.2, 0) is 4.79 Å². The predicted octanol–water partition coefficient (Wildman–Crippen LogP) is 3.20. The minimum absolute atomic E-state index is 0.345. The van der Waals surface area contributed by atoms with E-state index < -0.39 is 11.9 Å². The van der Waals surface area contributed by atoms with Crippen molar-refractivity contribution >= 4 is 5.97 Å². The molecule has 1 aromatic carbocycles. The van der Waals surface area contributed by atoms with Gasteiger partial charge in [0.2, 0.25) is 0 Å². The highest BCUT2D eigenvalue weighted by Gasteiger charge is 2.17. The summed E-state index contributed by atoms with van der Waals surface area (Å²) in [5.41, 5.74) is 0.816. The van der Waals surface area contributed by atoms with E-state index in [2.05, 4.69) is 0 Å². The summed E-state index contributed by atoms with van der Waals surface area (Å²) in [6, 6.07) is 7.41. The molecule has 0 amide bonds. The Bertz CT molecular complexity index is 377. The highest BCUT2D eigenvalue weighted by atomic mass is 16.5. The molecule has 1 unspecified atom stereocenters. The zero-order chi connectivity index (χ0) is 12.3. The molecule has 1 aromatic rings. The Labute approximate surface area is 101 Å². The summed E-state index contributed by atoms with van der Waals surface area (Å²) in [5, 5.41) is 8.90. The van der Waals surface area contributed by atoms with Crippen molar-refractivity contribution in [3.8, 4) is 5.75 Å². The lowest BCUT2D eigenvalue weighted by molar-refractivity contribution is -0.138. The maximum Gasteiger partial charge on any atom is 0.310 e. The van der Waals surface area contributed by atoms with E-state index in [1.165, 1.54) is 12.8 Å². The van der Waals surface area contributed by atoms with Crippen LogP contribution in [-0.4, -0.2) is 17.2 Å². The maximum atomic E-state index is 10.8. The fourth-order valence-corrected chi connectivity index (χ4v) is 2.18. The van der Waals surface area contributed by atoms with Crippen LogP contribution in [0.3, 0.4) is 0 Å². The number of rotatable bonds is 4. The molecule has 0 bridgehead atoms. The molecule has 0 heterocycles. The van der Waals surface area contributed by atoms with Crippen LogP contribution in [0.1, 0.15) is 44.1 Å². The monoisotopic (exact) mass is 234 g/mol. The molecule has 2 rings (SSSR count). The van der Waals surface area contributed by atoms with Crippen molar-refractivity contribution in [2.75, 3.05) is 0 Å². The van der Waals surface area contributed by atoms with E-state index >= 15 is 0 Å². The van der Waals surface area contributed by atoms with E-state index in [-0.39, 0.29) is 0 Å². The zero-order valence-corrected chi connectivity index (χ0v) is 10.1. The third-order valence-electron chi connectivity index (χ3n) is 3.36. The number of carboxylic acids is 1. The van der Waals surface area contributed by atoms with E-state index in [9.17, 15) is 4.79 Å². The van der Waals surface area contributed by atoms with Crippen molar-refractivity contribution in [3.05, 3.63) is 29.8 Å². The number of carboxylic acid groups (broad SMARTS) is 1. The summed E-state index contributed by atoms with van der Waals surface area (Å²) >= 11 is 0. The Hall–Kier alpha value is -1.51. The van der Waals surface area contributed by atoms with Crippen molar-refractivity contribution in [2.45, 2.75) is 44.6 Å². The Balaban J connectivity index is 1.99. The van der Waals surface area contributed by atoms with Crippen LogP contribution in [0.4, 0.5) is 0 Å². The van der Waals surface area contributed by atoms with Gasteiger partial charge in [-0.05, 0) is 50.3 Å². The molecule has 17 heavy (non-hydrogen) atoms. The molecule has 1 N–H and O–H groups in total. The van der Waals surface area contributed by atoms with E-state index in [0.717, 1.165) is 24.2 Å². The van der Waals surface area contributed by atoms with Crippen LogP contribution in [0.15, 0.2) is 24.3 Å². The van der Waals surface area contributed by atoms with Gasteiger partial charge in [-0.1, -0.05) is 12.1 Å². The minimum Gasteiger partial charge on any atom is -0.490 e. The Morgan fingerprint density at radius 3 is 2.41 bits per heavy atom. The molecule has 92 valence electrons. The van der Waals surface area contributed by atoms with Gasteiger partial charge in [-0.3, -0.25) is 4.79 Å². The van der Waals surface area contributed by atoms with E-state index in [4.69, 9.17) is 9.84 Å². The molecule has 1 fully saturated rings. The summed E-state index contributed by atoms with van der Waals surface area (Å²) in [6.45, 7) is 1.69. The van der Waals surface area contributed by atoms with Crippen LogP contribution in [0.5, 0.6) is 5.75 Å². The molecule has 1 aliphatic carbocycles. The Kier molecular flexibility index (Phi) is 3.67. The molecule has 1 atom stereocenters. The predicted molar refractivity (Wildman–Crippen MR) is 65.4 cm³/mol. The first-order valence-corrected chi connectivity index (χ1v) is 6.16. The first kappa shape index (κ1) is 12.0. The Morgan fingerprint density at radius 2 is 1.88 bits per heavy atom. The summed E-state index contributed by atoms with van der Waals surface area (Å²) in [4.78, 5) is 10.8. The van der Waals surface area contributed by atoms with E-state index in [1.807, 2.05) is 24.3 Å². The van der Waals surface area contributed by atoms with Gasteiger partial charge in [0.15, 0.2) is 0 Å². The van der Waals surface area contributed by atoms with Gasteiger partial charge in [0.1, 0.15) is 5.75 Å². The summed E-state index contributed by atoms with van der Waals surface area (Å²) in [7, 11) is 0. The smallest absolute Gasteiger partial charge is 0.310 e. The van der Waals surface area contributed by atoms with Crippen molar-refractivity contribution < 1.29 is 14.6 Å². The SMILES string of the molecule is CC(C(=O)O)c1ccc(OC2CCCC2)cc1. The van der Waals surface area contributed by atoms with Crippen LogP contribution in [0.25, 0.3) is 0 Å². The lowest BCUT2D eigenvalue weighted by Gasteiger charge is -2.14. The summed E-state index contributed by atoms with van der Waals surface area (Å²) < 4.78 is 5.82. The molecule has 0 spiro atoms. The largest absolute Gasteiger partial charge is 0.490 e. The molecular formula is C14H18O3. The van der Waals surface area contributed by atoms with Gasteiger partial charge in [0.05, 0.1) is 12.0 Å². The van der Waals surface area contributed by atoms with Crippen LogP contribution in [0.2, 0.25) is 0 Å². The molecule has 0 aromatic heterocycles. The minimum atomic E-state index is -0.797. The van der Waals surface area contributed by atoms with Crippen molar-refractivity contribution in [3.63, 3.8) is 0 Å². The van der Waals surface area contributed by atoms with Gasteiger partial charge in [0, 0.05) is 0 Å². The fourth-order valence-electron chi connectivity index (χ4n) is 2.18. The number of aliphatic carboxylic acids is 1. The summed E-state index contributed by atoms with van der Waals surface area (Å²) in [5.74, 6) is -0.414. The van der Waals surface area contributed by atoms with Gasteiger partial charge < -0.3 is 9.84 Å². The van der Waals surface area contributed by atoms with Crippen LogP contribution >= 0.6 is 0 Å². The first-order valence-electron chi connectivity index (χ1n) is 6.16. The molecule has 0 radical (unpaired) electrons. The van der Waals surface area contributed by atoms with Gasteiger partial charge >= 0.3 is 5.97 Å². The number of hydrogen-bond acceptors (Lipinski definition) is 2. The topological polar surface area (TPSA) is 46.5 Å². The molecule has 0 aliphatic heterocycles. The third kappa shape index (κ3) is 2.99. The van der Waals surface area contributed by atoms with Crippen LogP contribution < -0.4 is 4.74 Å². The Morgan fingerprint density at radius 1 is 1.29 bits per heavy atom. The number of hydrogen-bond donors (Lipinski definition) is 1. The molecule has 0 saturated heterocycles. The molecule has 3 nitrogen and oxygen atoms in total. The van der Waals surface area contributed by atoms with Gasteiger partial charge in [-0.2, -0.15) is 0 Å². The maximum absolute atomic E-state index is 10.8.